The first-order chi connectivity index (χ1) is 6.93. The number of carbonyl (C=O) groups is 1. The van der Waals surface area contributed by atoms with Crippen molar-refractivity contribution in [3.63, 3.8) is 0 Å². The van der Waals surface area contributed by atoms with E-state index in [1.807, 2.05) is 0 Å². The number of halogens is 2. The largest absolute Gasteiger partial charge is 0.480 e. The van der Waals surface area contributed by atoms with Crippen molar-refractivity contribution in [2.45, 2.75) is 17.1 Å². The summed E-state index contributed by atoms with van der Waals surface area (Å²) in [5.74, 6) is -1.13. The molecule has 0 aliphatic rings. The quantitative estimate of drug-likeness (QED) is 0.915. The molecule has 2 unspecified atom stereocenters. The van der Waals surface area contributed by atoms with E-state index in [0.29, 0.717) is 5.02 Å². The summed E-state index contributed by atoms with van der Waals surface area (Å²) in [7, 11) is -1.67. The Hall–Kier alpha value is -0.580. The van der Waals surface area contributed by atoms with Gasteiger partial charge in [-0.2, -0.15) is 0 Å². The fraction of sp³-hybridized carbons (Fsp3) is 0.222. The van der Waals surface area contributed by atoms with Crippen LogP contribution in [0, 0.1) is 0 Å². The molecule has 3 nitrogen and oxygen atoms in total. The van der Waals surface area contributed by atoms with Gasteiger partial charge in [-0.15, -0.1) is 0 Å². The third-order valence-corrected chi connectivity index (χ3v) is 4.07. The van der Waals surface area contributed by atoms with Gasteiger partial charge in [0.2, 0.25) is 0 Å². The van der Waals surface area contributed by atoms with E-state index in [0.717, 1.165) is 0 Å². The van der Waals surface area contributed by atoms with Crippen LogP contribution in [0.1, 0.15) is 6.92 Å². The van der Waals surface area contributed by atoms with Crippen molar-refractivity contribution >= 4 is 40.0 Å². The zero-order chi connectivity index (χ0) is 11.6. The van der Waals surface area contributed by atoms with Gasteiger partial charge in [0.05, 0.1) is 20.7 Å². The van der Waals surface area contributed by atoms with Crippen molar-refractivity contribution in [3.05, 3.63) is 28.2 Å². The maximum Gasteiger partial charge on any atom is 0.319 e. The lowest BCUT2D eigenvalue weighted by atomic mass is 10.4. The molecule has 0 fully saturated rings. The third kappa shape index (κ3) is 2.93. The van der Waals surface area contributed by atoms with Gasteiger partial charge in [0.15, 0.2) is 0 Å². The molecule has 2 atom stereocenters. The Bertz CT molecular complexity index is 420. The summed E-state index contributed by atoms with van der Waals surface area (Å²) >= 11 is 11.5. The maximum atomic E-state index is 11.7. The Kier molecular flexibility index (Phi) is 4.13. The summed E-state index contributed by atoms with van der Waals surface area (Å²) < 4.78 is 11.7. The van der Waals surface area contributed by atoms with Crippen molar-refractivity contribution in [1.82, 2.24) is 0 Å². The highest BCUT2D eigenvalue weighted by Gasteiger charge is 2.22. The molecular weight excluding hydrogens is 259 g/mol. The monoisotopic (exact) mass is 266 g/mol. The topological polar surface area (TPSA) is 54.4 Å². The normalized spacial score (nSPS) is 14.6. The first-order valence-electron chi connectivity index (χ1n) is 4.02. The van der Waals surface area contributed by atoms with E-state index in [2.05, 4.69) is 0 Å². The molecule has 1 rings (SSSR count). The molecule has 0 aliphatic heterocycles. The molecular formula is C9H8Cl2O3S. The van der Waals surface area contributed by atoms with Gasteiger partial charge in [0.25, 0.3) is 0 Å². The molecule has 0 amide bonds. The Morgan fingerprint density at radius 3 is 2.53 bits per heavy atom. The van der Waals surface area contributed by atoms with E-state index >= 15 is 0 Å². The highest BCUT2D eigenvalue weighted by atomic mass is 35.5. The molecule has 0 saturated heterocycles. The third-order valence-electron chi connectivity index (χ3n) is 1.78. The Morgan fingerprint density at radius 2 is 2.07 bits per heavy atom. The van der Waals surface area contributed by atoms with E-state index in [9.17, 15) is 9.00 Å². The summed E-state index contributed by atoms with van der Waals surface area (Å²) in [5, 5.41) is 8.34. The molecule has 1 aromatic carbocycles. The van der Waals surface area contributed by atoms with Crippen LogP contribution in [0.5, 0.6) is 0 Å². The van der Waals surface area contributed by atoms with Crippen LogP contribution < -0.4 is 0 Å². The molecule has 0 heterocycles. The molecule has 15 heavy (non-hydrogen) atoms. The van der Waals surface area contributed by atoms with Crippen LogP contribution in [0.3, 0.4) is 0 Å². The molecule has 0 saturated carbocycles. The highest BCUT2D eigenvalue weighted by Crippen LogP contribution is 2.25. The van der Waals surface area contributed by atoms with Crippen LogP contribution in [0.15, 0.2) is 23.1 Å². The summed E-state index contributed by atoms with van der Waals surface area (Å²) in [6.45, 7) is 1.36. The number of carboxylic acids is 1. The SMILES string of the molecule is CC(C(=O)O)S(=O)c1ccc(Cl)cc1Cl. The van der Waals surface area contributed by atoms with E-state index < -0.39 is 22.0 Å². The lowest BCUT2D eigenvalue weighted by molar-refractivity contribution is -0.136. The molecule has 0 spiro atoms. The summed E-state index contributed by atoms with van der Waals surface area (Å²) in [5.41, 5.74) is 0. The molecule has 1 aromatic rings. The highest BCUT2D eigenvalue weighted by molar-refractivity contribution is 7.86. The molecule has 0 radical (unpaired) electrons. The predicted molar refractivity (Wildman–Crippen MR) is 60.0 cm³/mol. The number of hydrogen-bond donors (Lipinski definition) is 1. The molecule has 0 aromatic heterocycles. The predicted octanol–water partition coefficient (Wildman–Crippen LogP) is 2.57. The second-order valence-corrected chi connectivity index (χ2v) is 5.44. The zero-order valence-electron chi connectivity index (χ0n) is 7.74. The maximum absolute atomic E-state index is 11.7. The summed E-state index contributed by atoms with van der Waals surface area (Å²) in [6, 6.07) is 4.43. The number of carboxylic acid groups (broad SMARTS) is 1. The van der Waals surface area contributed by atoms with E-state index in [1.165, 1.54) is 25.1 Å². The Balaban J connectivity index is 3.07. The summed E-state index contributed by atoms with van der Waals surface area (Å²) in [6.07, 6.45) is 0. The second-order valence-electron chi connectivity index (χ2n) is 2.85. The van der Waals surface area contributed by atoms with Crippen molar-refractivity contribution in [2.24, 2.45) is 0 Å². The van der Waals surface area contributed by atoms with Crippen molar-refractivity contribution in [2.75, 3.05) is 0 Å². The zero-order valence-corrected chi connectivity index (χ0v) is 10.1. The van der Waals surface area contributed by atoms with Gasteiger partial charge in [0, 0.05) is 5.02 Å². The van der Waals surface area contributed by atoms with E-state index in [1.54, 1.807) is 0 Å². The number of hydrogen-bond acceptors (Lipinski definition) is 2. The molecule has 0 aliphatic carbocycles. The van der Waals surface area contributed by atoms with Crippen LogP contribution in [-0.2, 0) is 15.6 Å². The van der Waals surface area contributed by atoms with Gasteiger partial charge < -0.3 is 5.11 Å². The van der Waals surface area contributed by atoms with Crippen LogP contribution in [-0.4, -0.2) is 20.5 Å². The van der Waals surface area contributed by atoms with Crippen LogP contribution in [0.2, 0.25) is 10.0 Å². The number of aliphatic carboxylic acids is 1. The lowest BCUT2D eigenvalue weighted by Gasteiger charge is -2.08. The molecule has 1 N–H and O–H groups in total. The average molecular weight is 267 g/mol. The average Bonchev–Trinajstić information content (AvgIpc) is 2.15. The standard InChI is InChI=1S/C9H8Cl2O3S/c1-5(9(12)13)15(14)8-3-2-6(10)4-7(8)11/h2-5H,1H3,(H,12,13). The fourth-order valence-electron chi connectivity index (χ4n) is 0.920. The van der Waals surface area contributed by atoms with Gasteiger partial charge in [-0.05, 0) is 25.1 Å². The van der Waals surface area contributed by atoms with Gasteiger partial charge in [-0.3, -0.25) is 9.00 Å². The minimum absolute atomic E-state index is 0.217. The van der Waals surface area contributed by atoms with Crippen LogP contribution in [0.25, 0.3) is 0 Å². The van der Waals surface area contributed by atoms with E-state index in [-0.39, 0.29) is 9.92 Å². The van der Waals surface area contributed by atoms with Gasteiger partial charge >= 0.3 is 5.97 Å². The first-order valence-corrected chi connectivity index (χ1v) is 5.99. The van der Waals surface area contributed by atoms with Gasteiger partial charge in [-0.25, -0.2) is 0 Å². The van der Waals surface area contributed by atoms with E-state index in [4.69, 9.17) is 28.3 Å². The second kappa shape index (κ2) is 4.96. The first kappa shape index (κ1) is 12.5. The minimum Gasteiger partial charge on any atom is -0.480 e. The lowest BCUT2D eigenvalue weighted by Crippen LogP contribution is -2.22. The molecule has 6 heteroatoms. The Labute approximate surface area is 99.5 Å². The number of benzene rings is 1. The van der Waals surface area contributed by atoms with Crippen molar-refractivity contribution < 1.29 is 14.1 Å². The molecule has 82 valence electrons. The van der Waals surface area contributed by atoms with Gasteiger partial charge in [0.1, 0.15) is 5.25 Å². The summed E-state index contributed by atoms with van der Waals surface area (Å²) in [4.78, 5) is 10.9. The fourth-order valence-corrected chi connectivity index (χ4v) is 2.57. The smallest absolute Gasteiger partial charge is 0.319 e. The Morgan fingerprint density at radius 1 is 1.47 bits per heavy atom. The minimum atomic E-state index is -1.67. The van der Waals surface area contributed by atoms with Crippen LogP contribution >= 0.6 is 23.2 Å². The van der Waals surface area contributed by atoms with Gasteiger partial charge in [-0.1, -0.05) is 23.2 Å². The molecule has 0 bridgehead atoms. The van der Waals surface area contributed by atoms with Crippen LogP contribution in [0.4, 0.5) is 0 Å². The number of rotatable bonds is 3. The van der Waals surface area contributed by atoms with Crippen molar-refractivity contribution in [1.29, 1.82) is 0 Å². The van der Waals surface area contributed by atoms with Crippen molar-refractivity contribution in [3.8, 4) is 0 Å².